The van der Waals surface area contributed by atoms with Crippen LogP contribution in [0.5, 0.6) is 0 Å². The summed E-state index contributed by atoms with van der Waals surface area (Å²) < 4.78 is 0. The molecule has 0 aromatic heterocycles. The van der Waals surface area contributed by atoms with E-state index in [2.05, 4.69) is 11.8 Å². The van der Waals surface area contributed by atoms with Crippen molar-refractivity contribution < 1.29 is 4.79 Å². The summed E-state index contributed by atoms with van der Waals surface area (Å²) in [5.41, 5.74) is 5.71. The molecule has 0 aliphatic carbocycles. The fourth-order valence-corrected chi connectivity index (χ4v) is 1.29. The summed E-state index contributed by atoms with van der Waals surface area (Å²) in [6.45, 7) is 6.26. The molecule has 84 valence electrons. The fourth-order valence-electron chi connectivity index (χ4n) is 1.29. The number of nitrogens with two attached hydrogens (primary N) is 1. The number of hydrogen-bond acceptors (Lipinski definition) is 3. The van der Waals surface area contributed by atoms with Crippen LogP contribution in [0.15, 0.2) is 0 Å². The molecule has 0 aromatic carbocycles. The van der Waals surface area contributed by atoms with Gasteiger partial charge in [-0.15, -0.1) is 0 Å². The first-order valence-corrected chi connectivity index (χ1v) is 5.15. The highest BCUT2D eigenvalue weighted by Crippen LogP contribution is 1.95. The van der Waals surface area contributed by atoms with Gasteiger partial charge in [0, 0.05) is 26.7 Å². The molecule has 2 N–H and O–H groups in total. The third-order valence-corrected chi connectivity index (χ3v) is 1.94. The van der Waals surface area contributed by atoms with E-state index in [-0.39, 0.29) is 11.9 Å². The van der Waals surface area contributed by atoms with Crippen LogP contribution in [0.3, 0.4) is 0 Å². The van der Waals surface area contributed by atoms with E-state index < -0.39 is 0 Å². The van der Waals surface area contributed by atoms with Gasteiger partial charge >= 0.3 is 0 Å². The maximum Gasteiger partial charge on any atom is 0.236 e. The number of carbonyl (C=O) groups is 1. The van der Waals surface area contributed by atoms with Gasteiger partial charge in [0.2, 0.25) is 5.91 Å². The molecule has 0 rings (SSSR count). The number of nitrogens with zero attached hydrogens (tertiary/aromatic N) is 2. The summed E-state index contributed by atoms with van der Waals surface area (Å²) in [6.07, 6.45) is 1.05. The van der Waals surface area contributed by atoms with Crippen molar-refractivity contribution in [1.29, 1.82) is 0 Å². The quantitative estimate of drug-likeness (QED) is 0.665. The lowest BCUT2D eigenvalue weighted by Crippen LogP contribution is -2.42. The van der Waals surface area contributed by atoms with Gasteiger partial charge in [0.15, 0.2) is 0 Å². The molecule has 1 amide bonds. The molecule has 0 aliphatic rings. The minimum atomic E-state index is 0.122. The monoisotopic (exact) mass is 201 g/mol. The van der Waals surface area contributed by atoms with E-state index in [0.717, 1.165) is 19.5 Å². The summed E-state index contributed by atoms with van der Waals surface area (Å²) >= 11 is 0. The first kappa shape index (κ1) is 13.4. The summed E-state index contributed by atoms with van der Waals surface area (Å²) in [4.78, 5) is 15.2. The van der Waals surface area contributed by atoms with Crippen LogP contribution >= 0.6 is 0 Å². The van der Waals surface area contributed by atoms with Gasteiger partial charge in [-0.3, -0.25) is 9.69 Å². The summed E-state index contributed by atoms with van der Waals surface area (Å²) in [6, 6.07) is 0.122. The van der Waals surface area contributed by atoms with E-state index in [9.17, 15) is 4.79 Å². The Hall–Kier alpha value is -0.610. The van der Waals surface area contributed by atoms with E-state index >= 15 is 0 Å². The molecule has 0 radical (unpaired) electrons. The maximum absolute atomic E-state index is 11.5. The molecule has 1 unspecified atom stereocenters. The van der Waals surface area contributed by atoms with Crippen molar-refractivity contribution >= 4 is 5.91 Å². The summed E-state index contributed by atoms with van der Waals surface area (Å²) in [5.74, 6) is 0.138. The number of amides is 1. The van der Waals surface area contributed by atoms with Crippen molar-refractivity contribution in [3.05, 3.63) is 0 Å². The van der Waals surface area contributed by atoms with Crippen molar-refractivity contribution in [2.24, 2.45) is 5.73 Å². The van der Waals surface area contributed by atoms with Crippen LogP contribution in [0.4, 0.5) is 0 Å². The van der Waals surface area contributed by atoms with E-state index in [0.29, 0.717) is 6.54 Å². The van der Waals surface area contributed by atoms with Crippen molar-refractivity contribution in [1.82, 2.24) is 9.80 Å². The Balaban J connectivity index is 4.01. The Morgan fingerprint density at radius 1 is 1.43 bits per heavy atom. The van der Waals surface area contributed by atoms with Gasteiger partial charge in [-0.25, -0.2) is 0 Å². The molecule has 0 aromatic rings. The Kier molecular flexibility index (Phi) is 6.49. The van der Waals surface area contributed by atoms with Gasteiger partial charge in [-0.1, -0.05) is 6.92 Å². The topological polar surface area (TPSA) is 49.6 Å². The van der Waals surface area contributed by atoms with Gasteiger partial charge in [-0.05, 0) is 19.9 Å². The molecule has 0 spiro atoms. The Labute approximate surface area is 87.0 Å². The highest BCUT2D eigenvalue weighted by Gasteiger charge is 2.12. The van der Waals surface area contributed by atoms with Crippen LogP contribution in [-0.2, 0) is 4.79 Å². The number of carbonyl (C=O) groups excluding carboxylic acids is 1. The normalized spacial score (nSPS) is 13.0. The van der Waals surface area contributed by atoms with E-state index in [1.807, 2.05) is 6.92 Å². The number of hydrogen-bond donors (Lipinski definition) is 1. The minimum absolute atomic E-state index is 0.122. The van der Waals surface area contributed by atoms with Crippen molar-refractivity contribution in [3.63, 3.8) is 0 Å². The van der Waals surface area contributed by atoms with Crippen LogP contribution in [0.25, 0.3) is 0 Å². The largest absolute Gasteiger partial charge is 0.348 e. The Morgan fingerprint density at radius 3 is 2.36 bits per heavy atom. The second kappa shape index (κ2) is 6.79. The molecule has 0 fully saturated rings. The average Bonchev–Trinajstić information content (AvgIpc) is 2.02. The molecule has 0 saturated heterocycles. The van der Waals surface area contributed by atoms with E-state index in [1.54, 1.807) is 19.0 Å². The van der Waals surface area contributed by atoms with E-state index in [4.69, 9.17) is 5.73 Å². The fraction of sp³-hybridized carbons (Fsp3) is 0.900. The zero-order valence-corrected chi connectivity index (χ0v) is 9.79. The number of rotatable bonds is 6. The Morgan fingerprint density at radius 2 is 2.00 bits per heavy atom. The van der Waals surface area contributed by atoms with E-state index in [1.165, 1.54) is 0 Å². The Bertz CT molecular complexity index is 169. The van der Waals surface area contributed by atoms with Crippen molar-refractivity contribution in [2.45, 2.75) is 26.3 Å². The first-order valence-electron chi connectivity index (χ1n) is 5.15. The highest BCUT2D eigenvalue weighted by molar-refractivity contribution is 5.77. The van der Waals surface area contributed by atoms with Gasteiger partial charge < -0.3 is 10.6 Å². The van der Waals surface area contributed by atoms with Gasteiger partial charge in [0.05, 0.1) is 6.54 Å². The lowest BCUT2D eigenvalue weighted by Gasteiger charge is -2.24. The second-order valence-corrected chi connectivity index (χ2v) is 4.00. The second-order valence-electron chi connectivity index (χ2n) is 4.00. The highest BCUT2D eigenvalue weighted by atomic mass is 16.2. The van der Waals surface area contributed by atoms with Gasteiger partial charge in [0.25, 0.3) is 0 Å². The minimum Gasteiger partial charge on any atom is -0.348 e. The molecule has 14 heavy (non-hydrogen) atoms. The van der Waals surface area contributed by atoms with Crippen molar-refractivity contribution in [3.8, 4) is 0 Å². The lowest BCUT2D eigenvalue weighted by atomic mass is 10.3. The SMILES string of the molecule is CCCN(CC(=O)N(C)C)CC(C)N. The lowest BCUT2D eigenvalue weighted by molar-refractivity contribution is -0.129. The molecule has 1 atom stereocenters. The molecule has 4 heteroatoms. The maximum atomic E-state index is 11.5. The molecular formula is C10H23N3O. The summed E-state index contributed by atoms with van der Waals surface area (Å²) in [5, 5.41) is 0. The van der Waals surface area contributed by atoms with Crippen molar-refractivity contribution in [2.75, 3.05) is 33.7 Å². The smallest absolute Gasteiger partial charge is 0.236 e. The molecule has 0 heterocycles. The van der Waals surface area contributed by atoms with Gasteiger partial charge in [0.1, 0.15) is 0 Å². The third kappa shape index (κ3) is 5.94. The van der Waals surface area contributed by atoms with Crippen LogP contribution in [0.1, 0.15) is 20.3 Å². The number of likely N-dealkylation sites (N-methyl/N-ethyl adjacent to an activating group) is 1. The van der Waals surface area contributed by atoms with Crippen LogP contribution < -0.4 is 5.73 Å². The van der Waals surface area contributed by atoms with Crippen LogP contribution in [-0.4, -0.2) is 55.5 Å². The molecule has 4 nitrogen and oxygen atoms in total. The van der Waals surface area contributed by atoms with Gasteiger partial charge in [-0.2, -0.15) is 0 Å². The zero-order chi connectivity index (χ0) is 11.1. The first-order chi connectivity index (χ1) is 6.47. The third-order valence-electron chi connectivity index (χ3n) is 1.94. The summed E-state index contributed by atoms with van der Waals surface area (Å²) in [7, 11) is 3.55. The standard InChI is InChI=1S/C10H23N3O/c1-5-6-13(7-9(2)11)8-10(14)12(3)4/h9H,5-8,11H2,1-4H3. The average molecular weight is 201 g/mol. The van der Waals surface area contributed by atoms with Crippen LogP contribution in [0.2, 0.25) is 0 Å². The molecule has 0 aliphatic heterocycles. The zero-order valence-electron chi connectivity index (χ0n) is 9.79. The predicted octanol–water partition coefficient (Wildman–Crippen LogP) is 0.134. The molecular weight excluding hydrogens is 178 g/mol. The van der Waals surface area contributed by atoms with Crippen LogP contribution in [0, 0.1) is 0 Å². The molecule has 0 bridgehead atoms. The molecule has 0 saturated carbocycles. The predicted molar refractivity (Wildman–Crippen MR) is 59.1 cm³/mol.